The third-order valence-electron chi connectivity index (χ3n) is 3.29. The molecule has 2 N–H and O–H groups in total. The molecule has 1 aromatic carbocycles. The average Bonchev–Trinajstić information content (AvgIpc) is 2.37. The highest BCUT2D eigenvalue weighted by Gasteiger charge is 2.19. The summed E-state index contributed by atoms with van der Waals surface area (Å²) in [6.07, 6.45) is 1.14. The number of carbonyl (C=O) groups is 1. The molecule has 4 heteroatoms. The lowest BCUT2D eigenvalue weighted by molar-refractivity contribution is -0.133. The molecule has 0 aromatic heterocycles. The van der Waals surface area contributed by atoms with Gasteiger partial charge >= 0.3 is 0 Å². The third-order valence-corrected chi connectivity index (χ3v) is 3.29. The van der Waals surface area contributed by atoms with Crippen molar-refractivity contribution in [1.29, 1.82) is 0 Å². The molecule has 0 spiro atoms. The molecular formula is C15H23FN2O. The van der Waals surface area contributed by atoms with Crippen LogP contribution in [0.3, 0.4) is 0 Å². The Hall–Kier alpha value is -1.42. The molecule has 0 aliphatic carbocycles. The minimum absolute atomic E-state index is 0.0313. The van der Waals surface area contributed by atoms with Crippen molar-refractivity contribution in [3.63, 3.8) is 0 Å². The van der Waals surface area contributed by atoms with Gasteiger partial charge in [0, 0.05) is 19.0 Å². The number of halogens is 1. The predicted octanol–water partition coefficient (Wildman–Crippen LogP) is 2.86. The largest absolute Gasteiger partial charge is 0.336 e. The smallest absolute Gasteiger partial charge is 0.223 e. The number of benzene rings is 1. The second kappa shape index (κ2) is 7.24. The summed E-state index contributed by atoms with van der Waals surface area (Å²) in [5.41, 5.74) is 6.62. The fourth-order valence-electron chi connectivity index (χ4n) is 2.08. The molecule has 0 bridgehead atoms. The molecule has 106 valence electrons. The number of nitrogens with two attached hydrogens (primary N) is 1. The van der Waals surface area contributed by atoms with Gasteiger partial charge in [-0.1, -0.05) is 12.1 Å². The van der Waals surface area contributed by atoms with Crippen molar-refractivity contribution in [3.8, 4) is 0 Å². The van der Waals surface area contributed by atoms with Crippen LogP contribution in [0.2, 0.25) is 0 Å². The summed E-state index contributed by atoms with van der Waals surface area (Å²) in [5, 5.41) is 0. The molecule has 1 aromatic rings. The fraction of sp³-hybridized carbons (Fsp3) is 0.533. The van der Waals surface area contributed by atoms with Crippen LogP contribution >= 0.6 is 0 Å². The van der Waals surface area contributed by atoms with Crippen LogP contribution in [-0.2, 0) is 4.79 Å². The highest BCUT2D eigenvalue weighted by molar-refractivity contribution is 5.76. The summed E-state index contributed by atoms with van der Waals surface area (Å²) in [6, 6.07) is 6.27. The average molecular weight is 266 g/mol. The maximum atomic E-state index is 12.9. The minimum Gasteiger partial charge on any atom is -0.336 e. The zero-order valence-electron chi connectivity index (χ0n) is 11.9. The molecule has 0 saturated carbocycles. The molecule has 0 saturated heterocycles. The molecule has 0 fully saturated rings. The van der Waals surface area contributed by atoms with E-state index < -0.39 is 0 Å². The summed E-state index contributed by atoms with van der Waals surface area (Å²) < 4.78 is 12.9. The normalized spacial score (nSPS) is 13.9. The second-order valence-electron chi connectivity index (χ2n) is 4.92. The van der Waals surface area contributed by atoms with Crippen LogP contribution < -0.4 is 5.73 Å². The van der Waals surface area contributed by atoms with Crippen LogP contribution in [0, 0.1) is 5.82 Å². The van der Waals surface area contributed by atoms with Crippen molar-refractivity contribution in [1.82, 2.24) is 4.90 Å². The number of hydrogen-bond acceptors (Lipinski definition) is 2. The minimum atomic E-state index is -0.262. The first-order valence-electron chi connectivity index (χ1n) is 6.76. The Balaban J connectivity index is 2.73. The van der Waals surface area contributed by atoms with E-state index in [1.54, 1.807) is 17.0 Å². The lowest BCUT2D eigenvalue weighted by Crippen LogP contribution is -2.34. The van der Waals surface area contributed by atoms with Crippen molar-refractivity contribution in [2.75, 3.05) is 6.54 Å². The van der Waals surface area contributed by atoms with Gasteiger partial charge in [-0.2, -0.15) is 0 Å². The molecule has 1 amide bonds. The highest BCUT2D eigenvalue weighted by Crippen LogP contribution is 2.21. The molecule has 0 aliphatic heterocycles. The number of rotatable bonds is 6. The quantitative estimate of drug-likeness (QED) is 0.860. The van der Waals surface area contributed by atoms with Gasteiger partial charge in [-0.05, 0) is 44.9 Å². The monoisotopic (exact) mass is 266 g/mol. The molecule has 0 radical (unpaired) electrons. The highest BCUT2D eigenvalue weighted by atomic mass is 19.1. The van der Waals surface area contributed by atoms with Crippen molar-refractivity contribution < 1.29 is 9.18 Å². The SMILES string of the molecule is CCN(C(=O)CCC(C)N)C(C)c1ccc(F)cc1. The first kappa shape index (κ1) is 15.6. The first-order chi connectivity index (χ1) is 8.95. The van der Waals surface area contributed by atoms with Crippen molar-refractivity contribution >= 4 is 5.91 Å². The Morgan fingerprint density at radius 2 is 1.89 bits per heavy atom. The number of nitrogens with zero attached hydrogens (tertiary/aromatic N) is 1. The number of amides is 1. The van der Waals surface area contributed by atoms with E-state index in [0.717, 1.165) is 5.56 Å². The van der Waals surface area contributed by atoms with Gasteiger partial charge in [-0.15, -0.1) is 0 Å². The van der Waals surface area contributed by atoms with E-state index in [9.17, 15) is 9.18 Å². The van der Waals surface area contributed by atoms with Gasteiger partial charge < -0.3 is 10.6 Å². The van der Waals surface area contributed by atoms with E-state index in [0.29, 0.717) is 19.4 Å². The van der Waals surface area contributed by atoms with Crippen LogP contribution in [-0.4, -0.2) is 23.4 Å². The molecule has 2 unspecified atom stereocenters. The van der Waals surface area contributed by atoms with Gasteiger partial charge in [0.05, 0.1) is 6.04 Å². The fourth-order valence-corrected chi connectivity index (χ4v) is 2.08. The van der Waals surface area contributed by atoms with Crippen molar-refractivity contribution in [2.45, 2.75) is 45.7 Å². The van der Waals surface area contributed by atoms with Crippen LogP contribution in [0.5, 0.6) is 0 Å². The standard InChI is InChI=1S/C15H23FN2O/c1-4-18(15(19)10-5-11(2)17)12(3)13-6-8-14(16)9-7-13/h6-9,11-12H,4-5,10,17H2,1-3H3. The predicted molar refractivity (Wildman–Crippen MR) is 75.1 cm³/mol. The molecule has 1 rings (SSSR count). The Kier molecular flexibility index (Phi) is 5.96. The van der Waals surface area contributed by atoms with Crippen LogP contribution in [0.15, 0.2) is 24.3 Å². The van der Waals surface area contributed by atoms with E-state index in [1.165, 1.54) is 12.1 Å². The Morgan fingerprint density at radius 1 is 1.32 bits per heavy atom. The van der Waals surface area contributed by atoms with E-state index in [1.807, 2.05) is 20.8 Å². The topological polar surface area (TPSA) is 46.3 Å². The van der Waals surface area contributed by atoms with Crippen LogP contribution in [0.4, 0.5) is 4.39 Å². The second-order valence-corrected chi connectivity index (χ2v) is 4.92. The van der Waals surface area contributed by atoms with E-state index >= 15 is 0 Å². The lowest BCUT2D eigenvalue weighted by atomic mass is 10.1. The van der Waals surface area contributed by atoms with Crippen LogP contribution in [0.25, 0.3) is 0 Å². The summed E-state index contributed by atoms with van der Waals surface area (Å²) >= 11 is 0. The number of carbonyl (C=O) groups excluding carboxylic acids is 1. The maximum absolute atomic E-state index is 12.9. The lowest BCUT2D eigenvalue weighted by Gasteiger charge is -2.29. The van der Waals surface area contributed by atoms with Crippen molar-refractivity contribution in [3.05, 3.63) is 35.6 Å². The molecular weight excluding hydrogens is 243 g/mol. The number of hydrogen-bond donors (Lipinski definition) is 1. The molecule has 0 heterocycles. The Bertz CT molecular complexity index is 403. The summed E-state index contributed by atoms with van der Waals surface area (Å²) in [6.45, 7) is 6.44. The van der Waals surface area contributed by atoms with E-state index in [2.05, 4.69) is 0 Å². The molecule has 2 atom stereocenters. The zero-order valence-corrected chi connectivity index (χ0v) is 11.9. The van der Waals surface area contributed by atoms with Gasteiger partial charge in [0.1, 0.15) is 5.82 Å². The third kappa shape index (κ3) is 4.63. The van der Waals surface area contributed by atoms with E-state index in [4.69, 9.17) is 5.73 Å². The first-order valence-corrected chi connectivity index (χ1v) is 6.76. The van der Waals surface area contributed by atoms with E-state index in [-0.39, 0.29) is 23.8 Å². The van der Waals surface area contributed by atoms with Crippen LogP contribution in [0.1, 0.15) is 45.2 Å². The zero-order chi connectivity index (χ0) is 14.4. The Morgan fingerprint density at radius 3 is 2.37 bits per heavy atom. The van der Waals surface area contributed by atoms with Gasteiger partial charge in [0.25, 0.3) is 0 Å². The van der Waals surface area contributed by atoms with Gasteiger partial charge in [0.15, 0.2) is 0 Å². The van der Waals surface area contributed by atoms with Gasteiger partial charge in [0.2, 0.25) is 5.91 Å². The summed E-state index contributed by atoms with van der Waals surface area (Å²) in [5.74, 6) is -0.168. The molecule has 0 aliphatic rings. The van der Waals surface area contributed by atoms with Gasteiger partial charge in [-0.3, -0.25) is 4.79 Å². The molecule has 3 nitrogen and oxygen atoms in total. The maximum Gasteiger partial charge on any atom is 0.223 e. The summed E-state index contributed by atoms with van der Waals surface area (Å²) in [4.78, 5) is 14.0. The van der Waals surface area contributed by atoms with Gasteiger partial charge in [-0.25, -0.2) is 4.39 Å². The Labute approximate surface area is 114 Å². The van der Waals surface area contributed by atoms with Crippen molar-refractivity contribution in [2.24, 2.45) is 5.73 Å². The summed E-state index contributed by atoms with van der Waals surface area (Å²) in [7, 11) is 0. The molecule has 19 heavy (non-hydrogen) atoms.